The highest BCUT2D eigenvalue weighted by molar-refractivity contribution is 5.95. The summed E-state index contributed by atoms with van der Waals surface area (Å²) in [4.78, 5) is 22.3. The number of aromatic nitrogens is 1. The smallest absolute Gasteiger partial charge is 0.256 e. The molecule has 0 aliphatic rings. The molecule has 1 N–H and O–H groups in total. The summed E-state index contributed by atoms with van der Waals surface area (Å²) in [6, 6.07) is 10.5. The van der Waals surface area contributed by atoms with Gasteiger partial charge >= 0.3 is 0 Å². The fraction of sp³-hybridized carbons (Fsp3) is 0.167. The van der Waals surface area contributed by atoms with Gasteiger partial charge in [0.1, 0.15) is 17.3 Å². The number of hydrogen-bond donors (Lipinski definition) is 1. The lowest BCUT2D eigenvalue weighted by Crippen LogP contribution is -2.22. The third-order valence-corrected chi connectivity index (χ3v) is 2.91. The lowest BCUT2D eigenvalue weighted by Gasteiger charge is -2.09. The van der Waals surface area contributed by atoms with E-state index in [0.717, 1.165) is 0 Å². The number of rotatable bonds is 6. The zero-order chi connectivity index (χ0) is 17.4. The number of allylic oxidation sites excluding steroid dienone is 1. The van der Waals surface area contributed by atoms with Gasteiger partial charge in [0.15, 0.2) is 0 Å². The van der Waals surface area contributed by atoms with Gasteiger partial charge in [-0.2, -0.15) is 0 Å². The summed E-state index contributed by atoms with van der Waals surface area (Å²) in [7, 11) is 3.72. The number of benzene rings is 1. The zero-order valence-electron chi connectivity index (χ0n) is 13.9. The van der Waals surface area contributed by atoms with Crippen molar-refractivity contribution in [3.05, 3.63) is 66.3 Å². The second-order valence-electron chi connectivity index (χ2n) is 5.15. The van der Waals surface area contributed by atoms with Crippen LogP contribution < -0.4 is 10.1 Å². The SMILES string of the molecule is C/C=C(\N=C/N(C)C)NC(=O)c1cccc(Oc2cccnc2)c1.[HH]. The van der Waals surface area contributed by atoms with E-state index in [1.54, 1.807) is 66.1 Å². The average Bonchev–Trinajstić information content (AvgIpc) is 2.59. The fourth-order valence-electron chi connectivity index (χ4n) is 1.79. The molecular weight excluding hydrogens is 304 g/mol. The van der Waals surface area contributed by atoms with E-state index in [1.807, 2.05) is 21.0 Å². The van der Waals surface area contributed by atoms with Crippen LogP contribution in [0.4, 0.5) is 0 Å². The Morgan fingerprint density at radius 2 is 2.08 bits per heavy atom. The first-order chi connectivity index (χ1) is 11.6. The highest BCUT2D eigenvalue weighted by atomic mass is 16.5. The lowest BCUT2D eigenvalue weighted by atomic mass is 10.2. The number of carbonyl (C=O) groups is 1. The van der Waals surface area contributed by atoms with Gasteiger partial charge < -0.3 is 15.0 Å². The average molecular weight is 326 g/mol. The molecule has 0 unspecified atom stereocenters. The molecule has 126 valence electrons. The van der Waals surface area contributed by atoms with E-state index in [9.17, 15) is 4.79 Å². The Kier molecular flexibility index (Phi) is 6.08. The molecule has 6 heteroatoms. The monoisotopic (exact) mass is 326 g/mol. The largest absolute Gasteiger partial charge is 0.456 e. The van der Waals surface area contributed by atoms with Gasteiger partial charge in [-0.05, 0) is 43.3 Å². The summed E-state index contributed by atoms with van der Waals surface area (Å²) < 4.78 is 5.69. The summed E-state index contributed by atoms with van der Waals surface area (Å²) in [6.45, 7) is 1.81. The maximum absolute atomic E-state index is 12.4. The van der Waals surface area contributed by atoms with Gasteiger partial charge in [-0.25, -0.2) is 4.99 Å². The minimum Gasteiger partial charge on any atom is -0.456 e. The Morgan fingerprint density at radius 1 is 1.29 bits per heavy atom. The minimum atomic E-state index is -0.254. The molecule has 0 saturated carbocycles. The van der Waals surface area contributed by atoms with Crippen molar-refractivity contribution in [1.29, 1.82) is 0 Å². The van der Waals surface area contributed by atoms with E-state index in [0.29, 0.717) is 22.9 Å². The van der Waals surface area contributed by atoms with Crippen LogP contribution in [0.5, 0.6) is 11.5 Å². The highest BCUT2D eigenvalue weighted by Crippen LogP contribution is 2.21. The van der Waals surface area contributed by atoms with E-state index >= 15 is 0 Å². The molecule has 0 aliphatic heterocycles. The molecule has 24 heavy (non-hydrogen) atoms. The molecule has 1 aromatic heterocycles. The molecule has 2 aromatic rings. The van der Waals surface area contributed by atoms with Crippen LogP contribution in [0, 0.1) is 0 Å². The Bertz CT molecular complexity index is 746. The van der Waals surface area contributed by atoms with Crippen molar-refractivity contribution in [3.63, 3.8) is 0 Å². The molecule has 6 nitrogen and oxygen atoms in total. The van der Waals surface area contributed by atoms with Crippen LogP contribution in [0.1, 0.15) is 18.7 Å². The number of ether oxygens (including phenoxy) is 1. The quantitative estimate of drug-likeness (QED) is 0.653. The van der Waals surface area contributed by atoms with Crippen LogP contribution in [-0.2, 0) is 0 Å². The van der Waals surface area contributed by atoms with Crippen molar-refractivity contribution in [3.8, 4) is 11.5 Å². The van der Waals surface area contributed by atoms with Crippen LogP contribution in [0.25, 0.3) is 0 Å². The first kappa shape index (κ1) is 17.2. The molecule has 1 aromatic carbocycles. The topological polar surface area (TPSA) is 66.8 Å². The van der Waals surface area contributed by atoms with E-state index in [1.165, 1.54) is 0 Å². The fourth-order valence-corrected chi connectivity index (χ4v) is 1.79. The summed E-state index contributed by atoms with van der Waals surface area (Å²) in [5.41, 5.74) is 0.482. The maximum atomic E-state index is 12.4. The number of nitrogens with zero attached hydrogens (tertiary/aromatic N) is 3. The van der Waals surface area contributed by atoms with Crippen LogP contribution in [0.2, 0.25) is 0 Å². The molecular formula is C18H22N4O2. The van der Waals surface area contributed by atoms with Crippen molar-refractivity contribution >= 4 is 12.2 Å². The van der Waals surface area contributed by atoms with Crippen LogP contribution >= 0.6 is 0 Å². The first-order valence-corrected chi connectivity index (χ1v) is 7.44. The van der Waals surface area contributed by atoms with Gasteiger partial charge in [-0.3, -0.25) is 9.78 Å². The third-order valence-electron chi connectivity index (χ3n) is 2.91. The summed E-state index contributed by atoms with van der Waals surface area (Å²) in [6.07, 6.45) is 6.63. The maximum Gasteiger partial charge on any atom is 0.256 e. The molecule has 0 radical (unpaired) electrons. The number of carbonyl (C=O) groups excluding carboxylic acids is 1. The Morgan fingerprint density at radius 3 is 2.75 bits per heavy atom. The van der Waals surface area contributed by atoms with E-state index < -0.39 is 0 Å². The molecule has 1 amide bonds. The molecule has 0 spiro atoms. The van der Waals surface area contributed by atoms with Gasteiger partial charge in [-0.1, -0.05) is 6.07 Å². The molecule has 0 aliphatic carbocycles. The van der Waals surface area contributed by atoms with Crippen LogP contribution in [0.15, 0.2) is 65.7 Å². The summed E-state index contributed by atoms with van der Waals surface area (Å²) in [5.74, 6) is 1.40. The lowest BCUT2D eigenvalue weighted by molar-refractivity contribution is 0.0965. The van der Waals surface area contributed by atoms with E-state index in [2.05, 4.69) is 15.3 Å². The van der Waals surface area contributed by atoms with Gasteiger partial charge in [-0.15, -0.1) is 0 Å². The van der Waals surface area contributed by atoms with Crippen LogP contribution in [-0.4, -0.2) is 36.2 Å². The summed E-state index contributed by atoms with van der Waals surface area (Å²) >= 11 is 0. The standard InChI is InChI=1S/C18H20N4O2.H2/c1-4-17(20-13-22(2)3)21-18(23)14-7-5-8-15(11-14)24-16-9-6-10-19-12-16;/h4-13H,1-3H3,(H,21,23);1H/b17-4+,20-13-;. The normalized spacial score (nSPS) is 11.4. The Labute approximate surface area is 143 Å². The first-order valence-electron chi connectivity index (χ1n) is 7.44. The van der Waals surface area contributed by atoms with E-state index in [4.69, 9.17) is 4.74 Å². The molecule has 0 fully saturated rings. The third kappa shape index (κ3) is 5.24. The second kappa shape index (κ2) is 8.47. The van der Waals surface area contributed by atoms with Crippen molar-refractivity contribution in [2.45, 2.75) is 6.92 Å². The predicted molar refractivity (Wildman–Crippen MR) is 96.3 cm³/mol. The molecule has 0 saturated heterocycles. The number of amides is 1. The number of aliphatic imine (C=N–C) groups is 1. The van der Waals surface area contributed by atoms with Crippen molar-refractivity contribution < 1.29 is 11.0 Å². The molecule has 0 atom stereocenters. The number of hydrogen-bond acceptors (Lipinski definition) is 4. The van der Waals surface area contributed by atoms with Gasteiger partial charge in [0.2, 0.25) is 0 Å². The van der Waals surface area contributed by atoms with Crippen LogP contribution in [0.3, 0.4) is 0 Å². The highest BCUT2D eigenvalue weighted by Gasteiger charge is 2.08. The van der Waals surface area contributed by atoms with Gasteiger partial charge in [0, 0.05) is 27.3 Å². The van der Waals surface area contributed by atoms with Crippen molar-refractivity contribution in [1.82, 2.24) is 15.2 Å². The van der Waals surface area contributed by atoms with Crippen molar-refractivity contribution in [2.24, 2.45) is 4.99 Å². The van der Waals surface area contributed by atoms with Gasteiger partial charge in [0.05, 0.1) is 12.5 Å². The minimum absolute atomic E-state index is 0. The van der Waals surface area contributed by atoms with Crippen molar-refractivity contribution in [2.75, 3.05) is 14.1 Å². The van der Waals surface area contributed by atoms with E-state index in [-0.39, 0.29) is 7.33 Å². The zero-order valence-corrected chi connectivity index (χ0v) is 13.9. The molecule has 2 rings (SSSR count). The molecule has 0 bridgehead atoms. The predicted octanol–water partition coefficient (Wildman–Crippen LogP) is 3.30. The Balaban J connectivity index is 0.00000312. The number of nitrogens with one attached hydrogen (secondary N) is 1. The van der Waals surface area contributed by atoms with Gasteiger partial charge in [0.25, 0.3) is 5.91 Å². The Hall–Kier alpha value is -3.15. The number of pyridine rings is 1. The second-order valence-corrected chi connectivity index (χ2v) is 5.15. The summed E-state index contributed by atoms with van der Waals surface area (Å²) in [5, 5.41) is 2.76. The molecule has 1 heterocycles.